The molecule has 83 heavy (non-hydrogen) atoms. The summed E-state index contributed by atoms with van der Waals surface area (Å²) >= 11 is 20.7. The van der Waals surface area contributed by atoms with E-state index in [4.69, 9.17) is 53.6 Å². The molecule has 19 nitrogen and oxygen atoms in total. The highest BCUT2D eigenvalue weighted by Crippen LogP contribution is 2.86. The fourth-order valence-electron chi connectivity index (χ4n) is 7.44. The van der Waals surface area contributed by atoms with E-state index in [9.17, 15) is 0 Å². The van der Waals surface area contributed by atoms with E-state index in [1.807, 2.05) is 101 Å². The second-order valence-electron chi connectivity index (χ2n) is 22.1. The van der Waals surface area contributed by atoms with Crippen LogP contribution in [0.2, 0.25) is 66.8 Å². The molecule has 0 aromatic carbocycles. The molecule has 1 aliphatic heterocycles. The first-order chi connectivity index (χ1) is 38.4. The Kier molecular flexibility index (Phi) is 28.8. The Morgan fingerprint density at radius 2 is 1.04 bits per heavy atom. The first kappa shape index (κ1) is 73.0. The maximum absolute atomic E-state index is 6.33. The van der Waals surface area contributed by atoms with Crippen molar-refractivity contribution in [2.24, 2.45) is 21.1 Å². The molecule has 0 spiro atoms. The van der Waals surface area contributed by atoms with Crippen LogP contribution in [0.25, 0.3) is 55.4 Å². The van der Waals surface area contributed by atoms with Gasteiger partial charge in [-0.25, -0.2) is 29.9 Å². The Morgan fingerprint density at radius 3 is 1.48 bits per heavy atom. The predicted octanol–water partition coefficient (Wildman–Crippen LogP) is 14.4. The maximum Gasteiger partial charge on any atom is 0.498 e. The number of aromatic nitrogens is 15. The van der Waals surface area contributed by atoms with Crippen molar-refractivity contribution in [2.75, 3.05) is 13.2 Å². The second kappa shape index (κ2) is 32.7. The van der Waals surface area contributed by atoms with Crippen molar-refractivity contribution in [2.45, 2.75) is 111 Å². The normalized spacial score (nSPS) is 13.5. The number of nitrogens with zero attached hydrogens (tertiary/aromatic N) is 14. The summed E-state index contributed by atoms with van der Waals surface area (Å²) in [6.07, 6.45) is 29.5. The number of H-pyrrole nitrogens is 1. The Morgan fingerprint density at radius 1 is 0.614 bits per heavy atom. The van der Waals surface area contributed by atoms with Crippen LogP contribution in [0.15, 0.2) is 74.8 Å². The van der Waals surface area contributed by atoms with Crippen molar-refractivity contribution in [1.29, 1.82) is 0 Å². The molecule has 0 radical (unpaired) electrons. The van der Waals surface area contributed by atoms with Gasteiger partial charge in [-0.15, -0.1) is 48.6 Å². The van der Waals surface area contributed by atoms with Crippen LogP contribution < -0.4 is 5.46 Å². The third kappa shape index (κ3) is 21.1. The molecule has 0 saturated carbocycles. The molecule has 0 aliphatic carbocycles. The van der Waals surface area contributed by atoms with Crippen LogP contribution in [-0.4, -0.2) is 121 Å². The molecule has 9 aromatic heterocycles. The largest absolute Gasteiger partial charge is 0.498 e. The number of hydrogen-bond acceptors (Lipinski definition) is 13. The van der Waals surface area contributed by atoms with E-state index in [0.29, 0.717) is 28.9 Å². The van der Waals surface area contributed by atoms with E-state index in [-0.39, 0.29) is 39.7 Å². The Labute approximate surface area is 531 Å². The lowest BCUT2D eigenvalue weighted by atomic mass is 9.82. The monoisotopic (exact) mass is 1450 g/mol. The molecule has 9 aromatic rings. The zero-order valence-corrected chi connectivity index (χ0v) is 61.3. The topological polar surface area (TPSA) is 193 Å². The van der Waals surface area contributed by atoms with Crippen molar-refractivity contribution in [3.63, 3.8) is 0 Å². The van der Waals surface area contributed by atoms with E-state index in [0.717, 1.165) is 83.6 Å². The zero-order chi connectivity index (χ0) is 60.9. The molecule has 0 amide bonds. The molecule has 0 bridgehead atoms. The van der Waals surface area contributed by atoms with E-state index in [2.05, 4.69) is 161 Å². The third-order valence-corrected chi connectivity index (χ3v) is 39.0. The van der Waals surface area contributed by atoms with Crippen LogP contribution in [0.4, 0.5) is 0 Å². The standard InChI is InChI=1S/C16H22ClN5OSi.C12H17ClIN3OSi.C10H17BN2O2.C10H8ClN5.C2H2.CH4.H8P6/c1-21-8-12(7-20-21)13-9-22(11-23-5-6-24(2,3)4)16-14(13)15(17)18-10-19-16;1-19(2,3)5-4-18-8-17-6-9(14)10-11(13)15-7-16-12(10)17;1-9(2)10(3,4)15-11(14-9)8-6-12-13(5)7-8;1-16-4-6(2-15-16)7-3-12-10-8(7)9(11)13-5-14-10;1-2;;1-5(2)6(3)4/h7-10H,5-6,11H2,1-4H3;6-7H,4-5,8H2,1-3H3;6-7H,1-5H3;2-5H,1H3,(H,12,13,14);1-2H;1H4;1-4H2. The van der Waals surface area contributed by atoms with Crippen molar-refractivity contribution in [3.8, 4) is 35.1 Å². The fourth-order valence-corrected chi connectivity index (χ4v) is 10.6. The third-order valence-electron chi connectivity index (χ3n) is 12.6. The van der Waals surface area contributed by atoms with Crippen LogP contribution in [-0.2, 0) is 53.4 Å². The van der Waals surface area contributed by atoms with Crippen LogP contribution in [0.3, 0.4) is 0 Å². The van der Waals surface area contributed by atoms with Crippen LogP contribution in [0, 0.1) is 16.4 Å². The molecule has 1 N–H and O–H groups in total. The summed E-state index contributed by atoms with van der Waals surface area (Å²) in [5, 5.41) is 16.4. The van der Waals surface area contributed by atoms with Crippen molar-refractivity contribution >= 4 is 169 Å². The number of rotatable bonds is 14. The minimum absolute atomic E-state index is 0. The summed E-state index contributed by atoms with van der Waals surface area (Å²) in [6.45, 7) is 25.1. The zero-order valence-electron chi connectivity index (χ0n) is 48.5. The molecule has 32 heteroatoms. The summed E-state index contributed by atoms with van der Waals surface area (Å²) in [5.41, 5.74) is 6.66. The van der Waals surface area contributed by atoms with Crippen LogP contribution in [0.5, 0.6) is 0 Å². The molecular formula is C51H78BCl3IN15O4P6Si2. The van der Waals surface area contributed by atoms with Gasteiger partial charge in [0.05, 0.1) is 39.8 Å². The van der Waals surface area contributed by atoms with Gasteiger partial charge in [-0.05, 0) is 76.3 Å². The van der Waals surface area contributed by atoms with Gasteiger partial charge in [0.2, 0.25) is 0 Å². The van der Waals surface area contributed by atoms with Gasteiger partial charge in [0.25, 0.3) is 0 Å². The number of aryl methyl sites for hydroxylation is 3. The van der Waals surface area contributed by atoms with Crippen LogP contribution >= 0.6 is 107 Å². The van der Waals surface area contributed by atoms with Gasteiger partial charge < -0.3 is 32.9 Å². The maximum atomic E-state index is 6.33. The molecular weight excluding hydrogens is 1370 g/mol. The van der Waals surface area contributed by atoms with E-state index < -0.39 is 16.1 Å². The SMILES string of the molecule is C.C#C.C[Si](C)(C)CCOCn1cc(I)c2c(Cl)ncnc21.Cn1cc(-c2c[nH]c3ncnc(Cl)c23)cn1.Cn1cc(-c2cn(COCC[Si](C)(C)C)c3ncnc(Cl)c23)cn1.Cn1cc(B2OC(C)(C)C(C)(C)O2)cn1.PP(P)P(P)P. The van der Waals surface area contributed by atoms with Crippen LogP contribution in [0.1, 0.15) is 35.1 Å². The predicted molar refractivity (Wildman–Crippen MR) is 378 cm³/mol. The number of halogens is 4. The highest BCUT2D eigenvalue weighted by Gasteiger charge is 2.52. The van der Waals surface area contributed by atoms with E-state index in [1.165, 1.54) is 25.0 Å². The molecule has 4 unspecified atom stereocenters. The minimum atomic E-state index is -1.09. The lowest BCUT2D eigenvalue weighted by molar-refractivity contribution is 0.00578. The average Bonchev–Trinajstić information content (AvgIpc) is 3.75. The molecule has 1 saturated heterocycles. The van der Waals surface area contributed by atoms with E-state index >= 15 is 0 Å². The van der Waals surface area contributed by atoms with Gasteiger partial charge in [-0.1, -0.05) is 81.5 Å². The Balaban J connectivity index is 0.000000230. The highest BCUT2D eigenvalue weighted by molar-refractivity contribution is 14.1. The van der Waals surface area contributed by atoms with Crippen molar-refractivity contribution in [3.05, 3.63) is 93.8 Å². The summed E-state index contributed by atoms with van der Waals surface area (Å²) in [5.74, 6) is 0. The molecule has 1 fully saturated rings. The quantitative estimate of drug-likeness (QED) is 0.0270. The Hall–Kier alpha value is -2.43. The number of hydrogen-bond donors (Lipinski definition) is 1. The number of ether oxygens (including phenoxy) is 2. The number of nitrogens with one attached hydrogen (secondary N) is 1. The van der Waals surface area contributed by atoms with Gasteiger partial charge in [0, 0.05) is 125 Å². The number of fused-ring (bicyclic) bond motifs is 3. The molecule has 10 heterocycles. The van der Waals surface area contributed by atoms with Gasteiger partial charge >= 0.3 is 7.12 Å². The van der Waals surface area contributed by atoms with Gasteiger partial charge in [-0.2, -0.15) is 15.3 Å². The fraction of sp³-hybridized carbons (Fsp3) is 0.431. The van der Waals surface area contributed by atoms with Crippen molar-refractivity contribution in [1.82, 2.24) is 73.4 Å². The molecule has 1 aliphatic rings. The number of aromatic amines is 1. The molecule has 10 rings (SSSR count). The van der Waals surface area contributed by atoms with E-state index in [1.54, 1.807) is 26.4 Å². The minimum Gasteiger partial charge on any atom is -0.399 e. The number of terminal acetylenes is 1. The Bertz CT molecular complexity index is 3490. The van der Waals surface area contributed by atoms with Gasteiger partial charge in [-0.3, -0.25) is 14.0 Å². The lowest BCUT2D eigenvalue weighted by Crippen LogP contribution is -2.41. The summed E-state index contributed by atoms with van der Waals surface area (Å²) in [6, 6.07) is 2.30. The molecule has 4 atom stereocenters. The van der Waals surface area contributed by atoms with Gasteiger partial charge in [0.15, 0.2) is 0 Å². The van der Waals surface area contributed by atoms with Crippen molar-refractivity contribution < 1.29 is 18.8 Å². The summed E-state index contributed by atoms with van der Waals surface area (Å²) in [7, 11) is 14.4. The summed E-state index contributed by atoms with van der Waals surface area (Å²) < 4.78 is 33.7. The summed E-state index contributed by atoms with van der Waals surface area (Å²) in [4.78, 5) is 28.0. The average molecular weight is 1450 g/mol. The molecule has 450 valence electrons. The smallest absolute Gasteiger partial charge is 0.399 e. The second-order valence-corrected chi connectivity index (χ2v) is 55.3. The first-order valence-electron chi connectivity index (χ1n) is 25.5. The lowest BCUT2D eigenvalue weighted by Gasteiger charge is -2.32. The van der Waals surface area contributed by atoms with Gasteiger partial charge in [0.1, 0.15) is 64.8 Å². The first-order valence-corrected chi connectivity index (χ1v) is 45.0. The highest BCUT2D eigenvalue weighted by atomic mass is 127.